The van der Waals surface area contributed by atoms with E-state index in [0.717, 1.165) is 10.4 Å². The molecule has 1 amide bonds. The first-order valence-corrected chi connectivity index (χ1v) is 8.23. The minimum absolute atomic E-state index is 0.0916. The predicted molar refractivity (Wildman–Crippen MR) is 89.6 cm³/mol. The van der Waals surface area contributed by atoms with Crippen molar-refractivity contribution in [3.63, 3.8) is 0 Å². The average Bonchev–Trinajstić information content (AvgIpc) is 3.20. The zero-order chi connectivity index (χ0) is 16.2. The lowest BCUT2D eigenvalue weighted by Gasteiger charge is -2.06. The van der Waals surface area contributed by atoms with Crippen LogP contribution >= 0.6 is 11.3 Å². The number of carbonyl (C=O) groups is 1. The van der Waals surface area contributed by atoms with E-state index in [1.807, 2.05) is 49.6 Å². The van der Waals surface area contributed by atoms with Crippen molar-refractivity contribution >= 4 is 17.2 Å². The van der Waals surface area contributed by atoms with Crippen molar-refractivity contribution in [2.45, 2.75) is 20.3 Å². The Hall–Kier alpha value is -2.47. The smallest absolute Gasteiger partial charge is 0.251 e. The lowest BCUT2D eigenvalue weighted by atomic mass is 10.1. The maximum absolute atomic E-state index is 12.1. The van der Waals surface area contributed by atoms with Gasteiger partial charge in [0.25, 0.3) is 5.91 Å². The van der Waals surface area contributed by atoms with Gasteiger partial charge in [-0.2, -0.15) is 4.98 Å². The molecule has 3 aromatic rings. The van der Waals surface area contributed by atoms with Crippen molar-refractivity contribution in [1.82, 2.24) is 15.5 Å². The van der Waals surface area contributed by atoms with Gasteiger partial charge in [-0.25, -0.2) is 0 Å². The number of rotatable bonds is 5. The van der Waals surface area contributed by atoms with Crippen molar-refractivity contribution in [3.8, 4) is 10.7 Å². The minimum atomic E-state index is -0.0916. The van der Waals surface area contributed by atoms with Gasteiger partial charge >= 0.3 is 0 Å². The van der Waals surface area contributed by atoms with E-state index in [4.69, 9.17) is 4.52 Å². The first-order chi connectivity index (χ1) is 11.1. The average molecular weight is 327 g/mol. The molecule has 0 aliphatic carbocycles. The molecule has 0 unspecified atom stereocenters. The maximum atomic E-state index is 12.1. The van der Waals surface area contributed by atoms with Crippen LogP contribution in [0.2, 0.25) is 0 Å². The molecule has 0 aliphatic heterocycles. The number of amides is 1. The second kappa shape index (κ2) is 6.75. The van der Waals surface area contributed by atoms with Crippen LogP contribution in [0.3, 0.4) is 0 Å². The van der Waals surface area contributed by atoms with Crippen LogP contribution in [0.1, 0.15) is 27.4 Å². The Bertz CT molecular complexity index is 809. The van der Waals surface area contributed by atoms with Gasteiger partial charge in [-0.3, -0.25) is 4.79 Å². The summed E-state index contributed by atoms with van der Waals surface area (Å²) in [6.45, 7) is 4.48. The molecule has 118 valence electrons. The van der Waals surface area contributed by atoms with E-state index < -0.39 is 0 Å². The molecule has 2 heterocycles. The molecule has 6 heteroatoms. The van der Waals surface area contributed by atoms with Crippen molar-refractivity contribution in [3.05, 3.63) is 58.3 Å². The fourth-order valence-electron chi connectivity index (χ4n) is 2.13. The number of hydrogen-bond donors (Lipinski definition) is 1. The summed E-state index contributed by atoms with van der Waals surface area (Å²) in [7, 11) is 0. The number of carbonyl (C=O) groups excluding carboxylic acids is 1. The number of nitrogens with zero attached hydrogens (tertiary/aromatic N) is 2. The van der Waals surface area contributed by atoms with Gasteiger partial charge in [0.1, 0.15) is 0 Å². The van der Waals surface area contributed by atoms with Crippen molar-refractivity contribution in [2.75, 3.05) is 6.54 Å². The highest BCUT2D eigenvalue weighted by Crippen LogP contribution is 2.21. The SMILES string of the molecule is Cc1ccc(C(=O)NCCc2nc(-c3cccs3)no2)cc1C. The van der Waals surface area contributed by atoms with Crippen LogP contribution in [0.4, 0.5) is 0 Å². The third kappa shape index (κ3) is 3.65. The van der Waals surface area contributed by atoms with Crippen LogP contribution in [-0.2, 0) is 6.42 Å². The standard InChI is InChI=1S/C17H17N3O2S/c1-11-5-6-13(10-12(11)2)17(21)18-8-7-15-19-16(20-22-15)14-4-3-9-23-14/h3-6,9-10H,7-8H2,1-2H3,(H,18,21). The van der Waals surface area contributed by atoms with Gasteiger partial charge < -0.3 is 9.84 Å². The molecule has 0 saturated carbocycles. The molecule has 5 nitrogen and oxygen atoms in total. The van der Waals surface area contributed by atoms with Gasteiger partial charge in [0.15, 0.2) is 0 Å². The number of hydrogen-bond acceptors (Lipinski definition) is 5. The molecule has 1 aromatic carbocycles. The van der Waals surface area contributed by atoms with Gasteiger partial charge in [0, 0.05) is 18.5 Å². The third-order valence-electron chi connectivity index (χ3n) is 3.60. The predicted octanol–water partition coefficient (Wildman–Crippen LogP) is 3.39. The normalized spacial score (nSPS) is 10.7. The van der Waals surface area contributed by atoms with Crippen LogP contribution in [0.5, 0.6) is 0 Å². The molecule has 0 bridgehead atoms. The van der Waals surface area contributed by atoms with Gasteiger partial charge in [0.2, 0.25) is 11.7 Å². The molecule has 0 saturated heterocycles. The van der Waals surface area contributed by atoms with Gasteiger partial charge in [-0.05, 0) is 48.6 Å². The number of aromatic nitrogens is 2. The largest absolute Gasteiger partial charge is 0.352 e. The second-order valence-electron chi connectivity index (χ2n) is 5.29. The molecule has 0 spiro atoms. The lowest BCUT2D eigenvalue weighted by molar-refractivity contribution is 0.0953. The van der Waals surface area contributed by atoms with Crippen LogP contribution in [-0.4, -0.2) is 22.6 Å². The van der Waals surface area contributed by atoms with E-state index in [0.29, 0.717) is 30.2 Å². The molecular formula is C17H17N3O2S. The van der Waals surface area contributed by atoms with E-state index >= 15 is 0 Å². The summed E-state index contributed by atoms with van der Waals surface area (Å²) in [6.07, 6.45) is 0.509. The summed E-state index contributed by atoms with van der Waals surface area (Å²) in [5.74, 6) is 1.02. The van der Waals surface area contributed by atoms with Crippen molar-refractivity contribution in [1.29, 1.82) is 0 Å². The van der Waals surface area contributed by atoms with Gasteiger partial charge in [0.05, 0.1) is 4.88 Å². The van der Waals surface area contributed by atoms with Crippen molar-refractivity contribution < 1.29 is 9.32 Å². The molecule has 3 rings (SSSR count). The Labute approximate surface area is 138 Å². The monoisotopic (exact) mass is 327 g/mol. The van der Waals surface area contributed by atoms with Crippen LogP contribution < -0.4 is 5.32 Å². The van der Waals surface area contributed by atoms with E-state index in [-0.39, 0.29) is 5.91 Å². The molecule has 2 aromatic heterocycles. The molecule has 0 fully saturated rings. The first kappa shape index (κ1) is 15.4. The fourth-order valence-corrected chi connectivity index (χ4v) is 2.78. The molecular weight excluding hydrogens is 310 g/mol. The summed E-state index contributed by atoms with van der Waals surface area (Å²) >= 11 is 1.56. The second-order valence-corrected chi connectivity index (χ2v) is 6.24. The van der Waals surface area contributed by atoms with E-state index in [1.165, 1.54) is 5.56 Å². The Morgan fingerprint density at radius 3 is 2.87 bits per heavy atom. The van der Waals surface area contributed by atoms with Crippen LogP contribution in [0.15, 0.2) is 40.2 Å². The highest BCUT2D eigenvalue weighted by molar-refractivity contribution is 7.13. The van der Waals surface area contributed by atoms with E-state index in [9.17, 15) is 4.79 Å². The quantitative estimate of drug-likeness (QED) is 0.780. The zero-order valence-corrected chi connectivity index (χ0v) is 13.8. The zero-order valence-electron chi connectivity index (χ0n) is 13.0. The van der Waals surface area contributed by atoms with Gasteiger partial charge in [-0.1, -0.05) is 17.3 Å². The molecule has 23 heavy (non-hydrogen) atoms. The topological polar surface area (TPSA) is 68.0 Å². The van der Waals surface area contributed by atoms with Crippen molar-refractivity contribution in [2.24, 2.45) is 0 Å². The fraction of sp³-hybridized carbons (Fsp3) is 0.235. The Morgan fingerprint density at radius 1 is 1.26 bits per heavy atom. The Morgan fingerprint density at radius 2 is 2.13 bits per heavy atom. The van der Waals surface area contributed by atoms with E-state index in [1.54, 1.807) is 11.3 Å². The molecule has 0 aliphatic rings. The van der Waals surface area contributed by atoms with Crippen LogP contribution in [0, 0.1) is 13.8 Å². The number of aryl methyl sites for hydroxylation is 2. The number of benzene rings is 1. The third-order valence-corrected chi connectivity index (χ3v) is 4.47. The maximum Gasteiger partial charge on any atom is 0.251 e. The molecule has 0 radical (unpaired) electrons. The summed E-state index contributed by atoms with van der Waals surface area (Å²) in [6, 6.07) is 9.57. The minimum Gasteiger partial charge on any atom is -0.352 e. The molecule has 0 atom stereocenters. The summed E-state index contributed by atoms with van der Waals surface area (Å²) < 4.78 is 5.21. The summed E-state index contributed by atoms with van der Waals surface area (Å²) in [5.41, 5.74) is 2.95. The van der Waals surface area contributed by atoms with E-state index in [2.05, 4.69) is 15.5 Å². The highest BCUT2D eigenvalue weighted by Gasteiger charge is 2.10. The highest BCUT2D eigenvalue weighted by atomic mass is 32.1. The summed E-state index contributed by atoms with van der Waals surface area (Å²) in [5, 5.41) is 8.79. The Balaban J connectivity index is 1.55. The number of thiophene rings is 1. The lowest BCUT2D eigenvalue weighted by Crippen LogP contribution is -2.25. The number of nitrogens with one attached hydrogen (secondary N) is 1. The summed E-state index contributed by atoms with van der Waals surface area (Å²) in [4.78, 5) is 17.4. The first-order valence-electron chi connectivity index (χ1n) is 7.35. The van der Waals surface area contributed by atoms with Gasteiger partial charge in [-0.15, -0.1) is 11.3 Å². The Kier molecular flexibility index (Phi) is 4.52. The van der Waals surface area contributed by atoms with Crippen LogP contribution in [0.25, 0.3) is 10.7 Å². The molecule has 1 N–H and O–H groups in total.